The molecule has 2 rings (SSSR count). The van der Waals surface area contributed by atoms with E-state index in [0.29, 0.717) is 10.9 Å². The highest BCUT2D eigenvalue weighted by Crippen LogP contribution is 2.23. The molecule has 1 aromatic carbocycles. The molecule has 0 aliphatic heterocycles. The van der Waals surface area contributed by atoms with Crippen LogP contribution in [0.1, 0.15) is 11.1 Å². The highest BCUT2D eigenvalue weighted by molar-refractivity contribution is 7.11. The van der Waals surface area contributed by atoms with Crippen LogP contribution >= 0.6 is 34.7 Å². The van der Waals surface area contributed by atoms with Gasteiger partial charge < -0.3 is 0 Å². The van der Waals surface area contributed by atoms with Crippen molar-refractivity contribution in [3.05, 3.63) is 55.1 Å². The number of hydrogen-bond acceptors (Lipinski definition) is 2. The van der Waals surface area contributed by atoms with Crippen LogP contribution in [0.5, 0.6) is 0 Å². The average Bonchev–Trinajstić information content (AvgIpc) is 2.50. The third-order valence-corrected chi connectivity index (χ3v) is 4.06. The zero-order valence-electron chi connectivity index (χ0n) is 8.54. The van der Waals surface area contributed by atoms with Crippen molar-refractivity contribution < 1.29 is 0 Å². The molecule has 5 heteroatoms. The van der Waals surface area contributed by atoms with Crippen LogP contribution in [0, 0.1) is 6.92 Å². The Balaban J connectivity index is 2.30. The maximum absolute atomic E-state index is 11.6. The number of rotatable bonds is 2. The van der Waals surface area contributed by atoms with Crippen molar-refractivity contribution in [2.24, 2.45) is 0 Å². The molecule has 1 heterocycles. The van der Waals surface area contributed by atoms with E-state index in [1.807, 2.05) is 31.2 Å². The lowest BCUT2D eigenvalue weighted by atomic mass is 10.1. The molecule has 1 aromatic heterocycles. The quantitative estimate of drug-likeness (QED) is 0.820. The van der Waals surface area contributed by atoms with E-state index in [9.17, 15) is 4.79 Å². The van der Waals surface area contributed by atoms with Gasteiger partial charge in [-0.2, -0.15) is 0 Å². The summed E-state index contributed by atoms with van der Waals surface area (Å²) in [5.41, 5.74) is 2.03. The molecule has 0 unspecified atom stereocenters. The molecule has 0 radical (unpaired) electrons. The van der Waals surface area contributed by atoms with E-state index in [4.69, 9.17) is 23.2 Å². The summed E-state index contributed by atoms with van der Waals surface area (Å²) in [5, 5.41) is 0.110. The molecule has 0 N–H and O–H groups in total. The second kappa shape index (κ2) is 4.62. The number of aryl methyl sites for hydroxylation is 1. The van der Waals surface area contributed by atoms with Crippen LogP contribution in [-0.2, 0) is 6.54 Å². The Hall–Kier alpha value is -0.770. The van der Waals surface area contributed by atoms with Crippen LogP contribution in [0.25, 0.3) is 0 Å². The summed E-state index contributed by atoms with van der Waals surface area (Å²) in [6.45, 7) is 2.53. The highest BCUT2D eigenvalue weighted by Gasteiger charge is 2.10. The molecular formula is C11H9Cl2NOS. The van der Waals surface area contributed by atoms with Crippen molar-refractivity contribution in [1.29, 1.82) is 0 Å². The molecule has 0 amide bonds. The van der Waals surface area contributed by atoms with Gasteiger partial charge in [-0.3, -0.25) is 8.75 Å². The third kappa shape index (κ3) is 2.32. The Bertz CT molecular complexity index is 556. The minimum Gasteiger partial charge on any atom is -0.267 e. The Kier molecular flexibility index (Phi) is 3.38. The van der Waals surface area contributed by atoms with Crippen molar-refractivity contribution in [3.63, 3.8) is 0 Å². The summed E-state index contributed by atoms with van der Waals surface area (Å²) in [6, 6.07) is 8.00. The van der Waals surface area contributed by atoms with Gasteiger partial charge in [-0.05, 0) is 24.0 Å². The molecule has 2 nitrogen and oxygen atoms in total. The number of aromatic nitrogens is 1. The zero-order chi connectivity index (χ0) is 11.7. The summed E-state index contributed by atoms with van der Waals surface area (Å²) in [7, 11) is 0. The Morgan fingerprint density at radius 2 is 1.88 bits per heavy atom. The van der Waals surface area contributed by atoms with Crippen molar-refractivity contribution >= 4 is 34.7 Å². The van der Waals surface area contributed by atoms with Gasteiger partial charge in [0.2, 0.25) is 0 Å². The molecule has 0 saturated carbocycles. The standard InChI is InChI=1S/C11H9Cl2NOS/c1-7-2-4-8(5-3-7)6-14-11(15)9(12)10(13)16-14/h2-5H,6H2,1H3. The van der Waals surface area contributed by atoms with Crippen molar-refractivity contribution in [2.75, 3.05) is 0 Å². The first-order chi connectivity index (χ1) is 7.58. The van der Waals surface area contributed by atoms with Gasteiger partial charge in [0, 0.05) is 0 Å². The number of hydrogen-bond donors (Lipinski definition) is 0. The van der Waals surface area contributed by atoms with Gasteiger partial charge in [0.15, 0.2) is 0 Å². The first-order valence-corrected chi connectivity index (χ1v) is 6.21. The van der Waals surface area contributed by atoms with Gasteiger partial charge in [0.25, 0.3) is 5.56 Å². The Labute approximate surface area is 107 Å². The van der Waals surface area contributed by atoms with Gasteiger partial charge in [0.1, 0.15) is 9.36 Å². The smallest absolute Gasteiger partial charge is 0.267 e. The van der Waals surface area contributed by atoms with E-state index in [1.54, 1.807) is 3.96 Å². The van der Waals surface area contributed by atoms with E-state index in [1.165, 1.54) is 17.1 Å². The third-order valence-electron chi connectivity index (χ3n) is 2.22. The molecule has 2 aromatic rings. The second-order valence-electron chi connectivity index (χ2n) is 3.51. The molecule has 0 fully saturated rings. The topological polar surface area (TPSA) is 22.0 Å². The minimum absolute atomic E-state index is 0.110. The van der Waals surface area contributed by atoms with E-state index in [-0.39, 0.29) is 10.6 Å². The molecular weight excluding hydrogens is 265 g/mol. The molecule has 0 aliphatic rings. The zero-order valence-corrected chi connectivity index (χ0v) is 10.9. The molecule has 0 atom stereocenters. The molecule has 0 bridgehead atoms. The predicted octanol–water partition coefficient (Wildman–Crippen LogP) is 3.57. The second-order valence-corrected chi connectivity index (χ2v) is 5.52. The number of nitrogens with zero attached hydrogens (tertiary/aromatic N) is 1. The van der Waals surface area contributed by atoms with E-state index >= 15 is 0 Å². The number of halogens is 2. The molecule has 0 aliphatic carbocycles. The molecule has 0 saturated heterocycles. The SMILES string of the molecule is Cc1ccc(Cn2sc(Cl)c(Cl)c2=O)cc1. The van der Waals surface area contributed by atoms with Crippen molar-refractivity contribution in [1.82, 2.24) is 3.96 Å². The van der Waals surface area contributed by atoms with Crippen molar-refractivity contribution in [2.45, 2.75) is 13.5 Å². The van der Waals surface area contributed by atoms with Gasteiger partial charge in [-0.15, -0.1) is 0 Å². The van der Waals surface area contributed by atoms with Gasteiger partial charge in [-0.25, -0.2) is 0 Å². The van der Waals surface area contributed by atoms with Crippen LogP contribution in [-0.4, -0.2) is 3.96 Å². The van der Waals surface area contributed by atoms with Crippen LogP contribution in [0.4, 0.5) is 0 Å². The highest BCUT2D eigenvalue weighted by atomic mass is 35.5. The number of benzene rings is 1. The van der Waals surface area contributed by atoms with Crippen LogP contribution in [0.3, 0.4) is 0 Å². The monoisotopic (exact) mass is 273 g/mol. The fraction of sp³-hybridized carbons (Fsp3) is 0.182. The fourth-order valence-corrected chi connectivity index (χ4v) is 2.67. The van der Waals surface area contributed by atoms with Crippen LogP contribution < -0.4 is 5.56 Å². The van der Waals surface area contributed by atoms with E-state index in [0.717, 1.165) is 5.56 Å². The van der Waals surface area contributed by atoms with Gasteiger partial charge in [0.05, 0.1) is 6.54 Å². The lowest BCUT2D eigenvalue weighted by Crippen LogP contribution is -2.13. The van der Waals surface area contributed by atoms with Gasteiger partial charge in [-0.1, -0.05) is 53.0 Å². The summed E-state index contributed by atoms with van der Waals surface area (Å²) < 4.78 is 1.90. The minimum atomic E-state index is -0.225. The first-order valence-electron chi connectivity index (χ1n) is 4.68. The summed E-state index contributed by atoms with van der Waals surface area (Å²) in [6.07, 6.45) is 0. The van der Waals surface area contributed by atoms with Crippen LogP contribution in [0.15, 0.2) is 29.1 Å². The summed E-state index contributed by atoms with van der Waals surface area (Å²) in [5.74, 6) is 0. The first kappa shape index (κ1) is 11.7. The summed E-state index contributed by atoms with van der Waals surface area (Å²) >= 11 is 12.7. The lowest BCUT2D eigenvalue weighted by Gasteiger charge is -2.01. The van der Waals surface area contributed by atoms with Gasteiger partial charge >= 0.3 is 0 Å². The maximum Gasteiger partial charge on any atom is 0.281 e. The van der Waals surface area contributed by atoms with E-state index < -0.39 is 0 Å². The van der Waals surface area contributed by atoms with Crippen LogP contribution in [0.2, 0.25) is 9.36 Å². The summed E-state index contributed by atoms with van der Waals surface area (Å²) in [4.78, 5) is 11.6. The fourth-order valence-electron chi connectivity index (χ4n) is 1.34. The molecule has 84 valence electrons. The molecule has 0 spiro atoms. The van der Waals surface area contributed by atoms with Crippen molar-refractivity contribution in [3.8, 4) is 0 Å². The molecule has 16 heavy (non-hydrogen) atoms. The van der Waals surface area contributed by atoms with E-state index in [2.05, 4.69) is 0 Å². The largest absolute Gasteiger partial charge is 0.281 e. The Morgan fingerprint density at radius 1 is 1.25 bits per heavy atom. The lowest BCUT2D eigenvalue weighted by molar-refractivity contribution is 0.849. The average molecular weight is 274 g/mol. The normalized spacial score (nSPS) is 10.7. The Morgan fingerprint density at radius 3 is 2.38 bits per heavy atom. The maximum atomic E-state index is 11.6. The predicted molar refractivity (Wildman–Crippen MR) is 68.9 cm³/mol.